The Morgan fingerprint density at radius 3 is 2.41 bits per heavy atom. The first kappa shape index (κ1) is 18.1. The molecule has 142 valence electrons. The molecule has 1 saturated heterocycles. The van der Waals surface area contributed by atoms with E-state index in [-0.39, 0.29) is 35.1 Å². The van der Waals surface area contributed by atoms with Crippen LogP contribution in [-0.2, 0) is 4.84 Å². The Morgan fingerprint density at radius 1 is 1.07 bits per heavy atom. The van der Waals surface area contributed by atoms with Crippen molar-refractivity contribution in [1.82, 2.24) is 5.32 Å². The van der Waals surface area contributed by atoms with Gasteiger partial charge < -0.3 is 10.2 Å². The topological polar surface area (TPSA) is 33.6 Å². The van der Waals surface area contributed by atoms with Gasteiger partial charge in [-0.1, -0.05) is 42.8 Å². The van der Waals surface area contributed by atoms with Crippen molar-refractivity contribution in [3.05, 3.63) is 71.3 Å². The molecule has 2 aliphatic rings. The fourth-order valence-electron chi connectivity index (χ4n) is 4.92. The fraction of sp³-hybridized carbons (Fsp3) is 0.409. The number of fused-ring (bicyclic) bond motifs is 2. The minimum Gasteiger partial charge on any atom is -0.399 e. The van der Waals surface area contributed by atoms with Crippen molar-refractivity contribution in [1.29, 1.82) is 0 Å². The van der Waals surface area contributed by atoms with E-state index in [1.54, 1.807) is 31.4 Å². The molecule has 0 radical (unpaired) electrons. The first-order valence-electron chi connectivity index (χ1n) is 9.41. The fourth-order valence-corrected chi connectivity index (χ4v) is 4.92. The van der Waals surface area contributed by atoms with Crippen LogP contribution < -0.4 is 5.32 Å². The summed E-state index contributed by atoms with van der Waals surface area (Å²) in [5.41, 5.74) is 2.46. The van der Waals surface area contributed by atoms with E-state index in [1.165, 1.54) is 12.1 Å². The lowest BCUT2D eigenvalue weighted by atomic mass is 9.58. The molecule has 4 atom stereocenters. The van der Waals surface area contributed by atoms with Gasteiger partial charge in [0.15, 0.2) is 0 Å². The van der Waals surface area contributed by atoms with Crippen LogP contribution in [0, 0.1) is 23.0 Å². The standard InChI is InChI=1S/C22H24F2N2O/c1-22-11-5-10-18(21(22)26-27-2)19(14-6-3-8-16(23)12-14)25-20(22)15-7-4-9-17(24)13-15/h3-4,6-9,12-13,18-20,25H,5,10-11H2,1-2H3/b26-21+. The van der Waals surface area contributed by atoms with Crippen molar-refractivity contribution < 1.29 is 13.6 Å². The van der Waals surface area contributed by atoms with Crippen LogP contribution in [0.4, 0.5) is 8.78 Å². The lowest BCUT2D eigenvalue weighted by Gasteiger charge is -2.53. The van der Waals surface area contributed by atoms with E-state index in [0.717, 1.165) is 36.1 Å². The summed E-state index contributed by atoms with van der Waals surface area (Å²) in [6.07, 6.45) is 2.95. The predicted octanol–water partition coefficient (Wildman–Crippen LogP) is 5.16. The molecule has 3 nitrogen and oxygen atoms in total. The Hall–Kier alpha value is -2.27. The van der Waals surface area contributed by atoms with Crippen molar-refractivity contribution >= 4 is 5.71 Å². The van der Waals surface area contributed by atoms with Crippen LogP contribution in [0.3, 0.4) is 0 Å². The molecule has 0 amide bonds. The van der Waals surface area contributed by atoms with Crippen LogP contribution in [-0.4, -0.2) is 12.8 Å². The second-order valence-corrected chi connectivity index (χ2v) is 7.76. The molecule has 5 heteroatoms. The van der Waals surface area contributed by atoms with Crippen LogP contribution in [0.1, 0.15) is 49.4 Å². The Balaban J connectivity index is 1.84. The van der Waals surface area contributed by atoms with Gasteiger partial charge in [0.05, 0.1) is 5.71 Å². The molecule has 4 unspecified atom stereocenters. The van der Waals surface area contributed by atoms with Crippen molar-refractivity contribution in [3.63, 3.8) is 0 Å². The van der Waals surface area contributed by atoms with Crippen LogP contribution >= 0.6 is 0 Å². The first-order chi connectivity index (χ1) is 13.0. The molecule has 2 bridgehead atoms. The van der Waals surface area contributed by atoms with Crippen LogP contribution in [0.5, 0.6) is 0 Å². The van der Waals surface area contributed by atoms with Gasteiger partial charge in [0, 0.05) is 23.4 Å². The molecular formula is C22H24F2N2O. The molecule has 0 spiro atoms. The Labute approximate surface area is 158 Å². The normalized spacial score (nSPS) is 31.7. The lowest BCUT2D eigenvalue weighted by Crippen LogP contribution is -2.56. The smallest absolute Gasteiger partial charge is 0.123 e. The summed E-state index contributed by atoms with van der Waals surface area (Å²) < 4.78 is 27.9. The number of benzene rings is 2. The van der Waals surface area contributed by atoms with Gasteiger partial charge in [-0.05, 0) is 48.2 Å². The molecule has 2 aromatic carbocycles. The lowest BCUT2D eigenvalue weighted by molar-refractivity contribution is 0.135. The number of piperidine rings is 1. The van der Waals surface area contributed by atoms with Gasteiger partial charge in [-0.3, -0.25) is 0 Å². The van der Waals surface area contributed by atoms with Gasteiger partial charge in [-0.2, -0.15) is 0 Å². The van der Waals surface area contributed by atoms with E-state index >= 15 is 0 Å². The summed E-state index contributed by atoms with van der Waals surface area (Å²) in [5, 5.41) is 8.13. The number of halogens is 2. The Morgan fingerprint density at radius 2 is 1.74 bits per heavy atom. The molecule has 4 rings (SSSR count). The molecule has 27 heavy (non-hydrogen) atoms. The van der Waals surface area contributed by atoms with E-state index in [4.69, 9.17) is 4.84 Å². The predicted molar refractivity (Wildman–Crippen MR) is 101 cm³/mol. The van der Waals surface area contributed by atoms with Gasteiger partial charge in [-0.25, -0.2) is 8.78 Å². The van der Waals surface area contributed by atoms with Gasteiger partial charge in [0.1, 0.15) is 18.7 Å². The monoisotopic (exact) mass is 370 g/mol. The van der Waals surface area contributed by atoms with Crippen molar-refractivity contribution in [2.24, 2.45) is 16.5 Å². The summed E-state index contributed by atoms with van der Waals surface area (Å²) >= 11 is 0. The highest BCUT2D eigenvalue weighted by molar-refractivity contribution is 5.94. The Kier molecular flexibility index (Phi) is 4.72. The second kappa shape index (κ2) is 7.04. The van der Waals surface area contributed by atoms with E-state index in [0.29, 0.717) is 0 Å². The van der Waals surface area contributed by atoms with E-state index < -0.39 is 0 Å². The summed E-state index contributed by atoms with van der Waals surface area (Å²) in [5.74, 6) is -0.398. The molecule has 2 fully saturated rings. The highest BCUT2D eigenvalue weighted by Crippen LogP contribution is 2.53. The van der Waals surface area contributed by atoms with E-state index in [9.17, 15) is 8.78 Å². The quantitative estimate of drug-likeness (QED) is 0.757. The largest absolute Gasteiger partial charge is 0.399 e. The molecule has 0 aromatic heterocycles. The number of hydrogen-bond donors (Lipinski definition) is 1. The van der Waals surface area contributed by atoms with E-state index in [2.05, 4.69) is 17.4 Å². The highest BCUT2D eigenvalue weighted by Gasteiger charge is 2.53. The maximum atomic E-state index is 14.0. The Bertz CT molecular complexity index is 869. The van der Waals surface area contributed by atoms with Gasteiger partial charge in [0.25, 0.3) is 0 Å². The van der Waals surface area contributed by atoms with Crippen LogP contribution in [0.25, 0.3) is 0 Å². The molecule has 2 aromatic rings. The number of hydrogen-bond acceptors (Lipinski definition) is 3. The molecule has 1 aliphatic heterocycles. The zero-order valence-corrected chi connectivity index (χ0v) is 15.6. The maximum absolute atomic E-state index is 14.0. The summed E-state index contributed by atoms with van der Waals surface area (Å²) in [6.45, 7) is 2.17. The number of nitrogens with one attached hydrogen (secondary N) is 1. The molecule has 1 heterocycles. The SMILES string of the molecule is CO/N=C1\C2CCCC1(C)C(c1cccc(F)c1)NC2c1cccc(F)c1. The minimum atomic E-state index is -0.281. The summed E-state index contributed by atoms with van der Waals surface area (Å²) in [6, 6.07) is 13.1. The number of nitrogens with zero attached hydrogens (tertiary/aromatic N) is 1. The zero-order chi connectivity index (χ0) is 19.0. The zero-order valence-electron chi connectivity index (χ0n) is 15.6. The summed E-state index contributed by atoms with van der Waals surface area (Å²) in [7, 11) is 1.56. The van der Waals surface area contributed by atoms with Gasteiger partial charge in [-0.15, -0.1) is 0 Å². The minimum absolute atomic E-state index is 0.101. The molecule has 1 N–H and O–H groups in total. The second-order valence-electron chi connectivity index (χ2n) is 7.76. The third-order valence-electron chi connectivity index (χ3n) is 6.11. The van der Waals surface area contributed by atoms with Crippen molar-refractivity contribution in [3.8, 4) is 0 Å². The van der Waals surface area contributed by atoms with Crippen molar-refractivity contribution in [2.75, 3.05) is 7.11 Å². The molecule has 1 aliphatic carbocycles. The molecular weight excluding hydrogens is 346 g/mol. The van der Waals surface area contributed by atoms with E-state index in [1.807, 2.05) is 12.1 Å². The third-order valence-corrected chi connectivity index (χ3v) is 6.11. The number of oxime groups is 1. The average Bonchev–Trinajstić information content (AvgIpc) is 2.63. The van der Waals surface area contributed by atoms with Crippen molar-refractivity contribution in [2.45, 2.75) is 38.3 Å². The van der Waals surface area contributed by atoms with Crippen LogP contribution in [0.15, 0.2) is 53.7 Å². The number of rotatable bonds is 3. The van der Waals surface area contributed by atoms with Gasteiger partial charge >= 0.3 is 0 Å². The van der Waals surface area contributed by atoms with Crippen LogP contribution in [0.2, 0.25) is 0 Å². The first-order valence-corrected chi connectivity index (χ1v) is 9.41. The maximum Gasteiger partial charge on any atom is 0.123 e. The average molecular weight is 370 g/mol. The highest BCUT2D eigenvalue weighted by atomic mass is 19.1. The summed E-state index contributed by atoms with van der Waals surface area (Å²) in [4.78, 5) is 5.21. The third kappa shape index (κ3) is 3.14. The van der Waals surface area contributed by atoms with Gasteiger partial charge in [0.2, 0.25) is 0 Å². The molecule has 1 saturated carbocycles.